The number of piperidine rings is 1. The molecule has 2 fully saturated rings. The smallest absolute Gasteiger partial charge is 0.225 e. The standard InChI is InChI=1S/C14H22N4OS/c1-11-10-12(2-3-15-11)13(19)17-5-7-18(8-6-17)14-16-4-9-20-14/h4,9,11-12,15H,2-3,5-8,10H2,1H3. The predicted octanol–water partition coefficient (Wildman–Crippen LogP) is 1.18. The first-order chi connectivity index (χ1) is 9.74. The Labute approximate surface area is 124 Å². The first-order valence-corrected chi connectivity index (χ1v) is 8.28. The van der Waals surface area contributed by atoms with Crippen molar-refractivity contribution in [2.75, 3.05) is 37.6 Å². The van der Waals surface area contributed by atoms with Crippen molar-refractivity contribution in [3.8, 4) is 0 Å². The van der Waals surface area contributed by atoms with Crippen LogP contribution in [0, 0.1) is 5.92 Å². The average Bonchev–Trinajstić information content (AvgIpc) is 3.01. The van der Waals surface area contributed by atoms with Crippen molar-refractivity contribution in [3.05, 3.63) is 11.6 Å². The summed E-state index contributed by atoms with van der Waals surface area (Å²) in [5, 5.41) is 6.49. The number of carbonyl (C=O) groups excluding carboxylic acids is 1. The van der Waals surface area contributed by atoms with E-state index in [0.29, 0.717) is 11.9 Å². The molecule has 2 atom stereocenters. The van der Waals surface area contributed by atoms with Crippen molar-refractivity contribution in [2.24, 2.45) is 5.92 Å². The van der Waals surface area contributed by atoms with Crippen LogP contribution in [-0.4, -0.2) is 54.6 Å². The van der Waals surface area contributed by atoms with E-state index in [1.54, 1.807) is 11.3 Å². The maximum Gasteiger partial charge on any atom is 0.225 e. The molecule has 6 heteroatoms. The molecule has 0 aliphatic carbocycles. The number of piperazine rings is 1. The zero-order valence-electron chi connectivity index (χ0n) is 11.9. The van der Waals surface area contributed by atoms with E-state index in [4.69, 9.17) is 0 Å². The lowest BCUT2D eigenvalue weighted by Crippen LogP contribution is -2.52. The lowest BCUT2D eigenvalue weighted by atomic mass is 9.92. The number of anilines is 1. The summed E-state index contributed by atoms with van der Waals surface area (Å²) in [4.78, 5) is 21.2. The topological polar surface area (TPSA) is 48.5 Å². The molecule has 1 N–H and O–H groups in total. The van der Waals surface area contributed by atoms with Gasteiger partial charge < -0.3 is 15.1 Å². The molecule has 3 heterocycles. The van der Waals surface area contributed by atoms with Crippen LogP contribution in [0.2, 0.25) is 0 Å². The molecule has 110 valence electrons. The maximum atomic E-state index is 12.6. The van der Waals surface area contributed by atoms with Crippen LogP contribution < -0.4 is 10.2 Å². The summed E-state index contributed by atoms with van der Waals surface area (Å²) >= 11 is 1.67. The van der Waals surface area contributed by atoms with Crippen LogP contribution >= 0.6 is 11.3 Å². The lowest BCUT2D eigenvalue weighted by Gasteiger charge is -2.37. The quantitative estimate of drug-likeness (QED) is 0.890. The minimum atomic E-state index is 0.220. The van der Waals surface area contributed by atoms with Gasteiger partial charge in [-0.15, -0.1) is 11.3 Å². The molecule has 0 bridgehead atoms. The number of nitrogens with zero attached hydrogens (tertiary/aromatic N) is 3. The van der Waals surface area contributed by atoms with Crippen molar-refractivity contribution in [3.63, 3.8) is 0 Å². The number of hydrogen-bond donors (Lipinski definition) is 1. The Hall–Kier alpha value is -1.14. The molecule has 1 amide bonds. The van der Waals surface area contributed by atoms with Gasteiger partial charge >= 0.3 is 0 Å². The first-order valence-electron chi connectivity index (χ1n) is 7.40. The Bertz CT molecular complexity index is 442. The molecule has 2 aliphatic heterocycles. The van der Waals surface area contributed by atoms with Gasteiger partial charge in [-0.05, 0) is 26.3 Å². The molecular formula is C14H22N4OS. The van der Waals surface area contributed by atoms with E-state index in [1.807, 2.05) is 16.5 Å². The molecule has 2 unspecified atom stereocenters. The lowest BCUT2D eigenvalue weighted by molar-refractivity contribution is -0.137. The van der Waals surface area contributed by atoms with Crippen LogP contribution in [0.5, 0.6) is 0 Å². The normalized spacial score (nSPS) is 27.6. The molecule has 1 aromatic rings. The Balaban J connectivity index is 1.53. The van der Waals surface area contributed by atoms with E-state index < -0.39 is 0 Å². The fourth-order valence-corrected chi connectivity index (χ4v) is 3.80. The van der Waals surface area contributed by atoms with E-state index in [-0.39, 0.29) is 5.92 Å². The average molecular weight is 294 g/mol. The highest BCUT2D eigenvalue weighted by Crippen LogP contribution is 2.22. The number of hydrogen-bond acceptors (Lipinski definition) is 5. The number of rotatable bonds is 2. The molecule has 0 saturated carbocycles. The molecule has 2 aliphatic rings. The zero-order chi connectivity index (χ0) is 13.9. The largest absolute Gasteiger partial charge is 0.345 e. The second-order valence-corrected chi connectivity index (χ2v) is 6.58. The van der Waals surface area contributed by atoms with E-state index in [9.17, 15) is 4.79 Å². The van der Waals surface area contributed by atoms with Crippen LogP contribution in [0.1, 0.15) is 19.8 Å². The molecule has 2 saturated heterocycles. The maximum absolute atomic E-state index is 12.6. The van der Waals surface area contributed by atoms with Crippen molar-refractivity contribution < 1.29 is 4.79 Å². The van der Waals surface area contributed by atoms with Gasteiger partial charge in [0.25, 0.3) is 0 Å². The van der Waals surface area contributed by atoms with Gasteiger partial charge in [-0.1, -0.05) is 0 Å². The predicted molar refractivity (Wildman–Crippen MR) is 81.1 cm³/mol. The van der Waals surface area contributed by atoms with Gasteiger partial charge in [0.15, 0.2) is 5.13 Å². The molecule has 5 nitrogen and oxygen atoms in total. The summed E-state index contributed by atoms with van der Waals surface area (Å²) in [5.74, 6) is 0.579. The molecule has 3 rings (SSSR count). The van der Waals surface area contributed by atoms with Gasteiger partial charge in [0.2, 0.25) is 5.91 Å². The Kier molecular flexibility index (Phi) is 4.21. The molecular weight excluding hydrogens is 272 g/mol. The molecule has 0 radical (unpaired) electrons. The molecule has 20 heavy (non-hydrogen) atoms. The SMILES string of the molecule is CC1CC(C(=O)N2CCN(c3nccs3)CC2)CCN1. The second-order valence-electron chi connectivity index (χ2n) is 5.70. The highest BCUT2D eigenvalue weighted by molar-refractivity contribution is 7.13. The highest BCUT2D eigenvalue weighted by atomic mass is 32.1. The Morgan fingerprint density at radius 3 is 2.85 bits per heavy atom. The molecule has 0 spiro atoms. The minimum Gasteiger partial charge on any atom is -0.345 e. The van der Waals surface area contributed by atoms with Crippen molar-refractivity contribution in [1.82, 2.24) is 15.2 Å². The monoisotopic (exact) mass is 294 g/mol. The summed E-state index contributed by atoms with van der Waals surface area (Å²) in [5.41, 5.74) is 0. The van der Waals surface area contributed by atoms with Crippen LogP contribution in [0.3, 0.4) is 0 Å². The summed E-state index contributed by atoms with van der Waals surface area (Å²) < 4.78 is 0. The number of amides is 1. The molecule has 0 aromatic carbocycles. The van der Waals surface area contributed by atoms with Gasteiger partial charge in [-0.2, -0.15) is 0 Å². The Morgan fingerprint density at radius 1 is 1.40 bits per heavy atom. The minimum absolute atomic E-state index is 0.220. The van der Waals surface area contributed by atoms with Gasteiger partial charge in [0, 0.05) is 49.7 Å². The molecule has 1 aromatic heterocycles. The van der Waals surface area contributed by atoms with Crippen molar-refractivity contribution in [2.45, 2.75) is 25.8 Å². The summed E-state index contributed by atoms with van der Waals surface area (Å²) in [6.45, 7) is 6.60. The zero-order valence-corrected chi connectivity index (χ0v) is 12.7. The van der Waals surface area contributed by atoms with E-state index >= 15 is 0 Å². The Morgan fingerprint density at radius 2 is 2.20 bits per heavy atom. The van der Waals surface area contributed by atoms with Crippen LogP contribution in [-0.2, 0) is 4.79 Å². The van der Waals surface area contributed by atoms with Gasteiger partial charge in [0.1, 0.15) is 0 Å². The third-order valence-corrected chi connectivity index (χ3v) is 5.09. The third-order valence-electron chi connectivity index (χ3n) is 4.25. The van der Waals surface area contributed by atoms with E-state index in [0.717, 1.165) is 50.7 Å². The van der Waals surface area contributed by atoms with Gasteiger partial charge in [-0.25, -0.2) is 4.98 Å². The summed E-state index contributed by atoms with van der Waals surface area (Å²) in [6.07, 6.45) is 3.80. The van der Waals surface area contributed by atoms with Crippen molar-refractivity contribution in [1.29, 1.82) is 0 Å². The van der Waals surface area contributed by atoms with Crippen molar-refractivity contribution >= 4 is 22.4 Å². The number of thiazole rings is 1. The third kappa shape index (κ3) is 2.96. The second kappa shape index (κ2) is 6.10. The van der Waals surface area contributed by atoms with E-state index in [2.05, 4.69) is 22.1 Å². The summed E-state index contributed by atoms with van der Waals surface area (Å²) in [6, 6.07) is 0.467. The van der Waals surface area contributed by atoms with Gasteiger partial charge in [0.05, 0.1) is 0 Å². The van der Waals surface area contributed by atoms with Gasteiger partial charge in [-0.3, -0.25) is 4.79 Å². The van der Waals surface area contributed by atoms with Crippen LogP contribution in [0.15, 0.2) is 11.6 Å². The number of nitrogens with one attached hydrogen (secondary N) is 1. The van der Waals surface area contributed by atoms with Crippen LogP contribution in [0.4, 0.5) is 5.13 Å². The number of carbonyl (C=O) groups is 1. The number of aromatic nitrogens is 1. The fourth-order valence-electron chi connectivity index (χ4n) is 3.10. The fraction of sp³-hybridized carbons (Fsp3) is 0.714. The first kappa shape index (κ1) is 13.8. The highest BCUT2D eigenvalue weighted by Gasteiger charge is 2.30. The van der Waals surface area contributed by atoms with Crippen LogP contribution in [0.25, 0.3) is 0 Å². The van der Waals surface area contributed by atoms with E-state index in [1.165, 1.54) is 0 Å². The summed E-state index contributed by atoms with van der Waals surface area (Å²) in [7, 11) is 0.